The van der Waals surface area contributed by atoms with Crippen LogP contribution in [0.15, 0.2) is 54.6 Å². The largest absolute Gasteiger partial charge is 0.352 e. The van der Waals surface area contributed by atoms with Crippen LogP contribution < -0.4 is 0 Å². The molecule has 0 spiro atoms. The highest BCUT2D eigenvalue weighted by atomic mass is 35.5. The molecule has 1 N–H and O–H groups in total. The van der Waals surface area contributed by atoms with Gasteiger partial charge in [0, 0.05) is 21.5 Å². The molecule has 0 atom stereocenters. The highest BCUT2D eigenvalue weighted by Gasteiger charge is 2.11. The van der Waals surface area contributed by atoms with Crippen LogP contribution in [0.1, 0.15) is 16.1 Å². The van der Waals surface area contributed by atoms with Crippen molar-refractivity contribution in [2.24, 2.45) is 0 Å². The first-order valence-corrected chi connectivity index (χ1v) is 6.00. The molecule has 3 rings (SSSR count). The summed E-state index contributed by atoms with van der Waals surface area (Å²) in [4.78, 5) is 15.4. The smallest absolute Gasteiger partial charge is 0.209 e. The van der Waals surface area contributed by atoms with Gasteiger partial charge in [-0.3, -0.25) is 4.79 Å². The van der Waals surface area contributed by atoms with Crippen LogP contribution in [0.5, 0.6) is 0 Å². The number of fused-ring (bicyclic) bond motifs is 1. The van der Waals surface area contributed by atoms with Gasteiger partial charge in [0.25, 0.3) is 0 Å². The molecule has 2 aromatic carbocycles. The van der Waals surface area contributed by atoms with Crippen LogP contribution in [0, 0.1) is 0 Å². The predicted octanol–water partition coefficient (Wildman–Crippen LogP) is 4.05. The van der Waals surface area contributed by atoms with Gasteiger partial charge in [-0.15, -0.1) is 0 Å². The Morgan fingerprint density at radius 3 is 2.61 bits per heavy atom. The average Bonchev–Trinajstić information content (AvgIpc) is 2.81. The van der Waals surface area contributed by atoms with Crippen molar-refractivity contribution in [3.8, 4) is 0 Å². The van der Waals surface area contributed by atoms with Crippen LogP contribution in [0.4, 0.5) is 0 Å². The van der Waals surface area contributed by atoms with E-state index in [2.05, 4.69) is 4.98 Å². The van der Waals surface area contributed by atoms with E-state index in [9.17, 15) is 4.79 Å². The van der Waals surface area contributed by atoms with E-state index in [4.69, 9.17) is 11.6 Å². The molecule has 0 saturated heterocycles. The number of hydrogen-bond acceptors (Lipinski definition) is 1. The number of aromatic nitrogens is 1. The van der Waals surface area contributed by atoms with Crippen molar-refractivity contribution in [2.45, 2.75) is 0 Å². The number of carbonyl (C=O) groups is 1. The second kappa shape index (κ2) is 4.31. The molecule has 0 aliphatic carbocycles. The fourth-order valence-corrected chi connectivity index (χ4v) is 2.17. The second-order valence-corrected chi connectivity index (χ2v) is 4.55. The normalized spacial score (nSPS) is 10.7. The fraction of sp³-hybridized carbons (Fsp3) is 0. The van der Waals surface area contributed by atoms with Crippen molar-refractivity contribution >= 4 is 28.3 Å². The Kier molecular flexibility index (Phi) is 2.65. The maximum atomic E-state index is 12.3. The van der Waals surface area contributed by atoms with Crippen molar-refractivity contribution in [3.05, 3.63) is 70.9 Å². The van der Waals surface area contributed by atoms with Gasteiger partial charge in [0.2, 0.25) is 5.78 Å². The van der Waals surface area contributed by atoms with E-state index in [1.807, 2.05) is 30.3 Å². The number of aromatic amines is 1. The Bertz CT molecular complexity index is 697. The van der Waals surface area contributed by atoms with Crippen LogP contribution in [-0.4, -0.2) is 10.8 Å². The van der Waals surface area contributed by atoms with Crippen LogP contribution in [-0.2, 0) is 0 Å². The molecule has 1 heterocycles. The summed E-state index contributed by atoms with van der Waals surface area (Å²) in [6, 6.07) is 16.6. The van der Waals surface area contributed by atoms with Gasteiger partial charge in [-0.2, -0.15) is 0 Å². The summed E-state index contributed by atoms with van der Waals surface area (Å²) in [7, 11) is 0. The van der Waals surface area contributed by atoms with Crippen LogP contribution in [0.3, 0.4) is 0 Å². The number of para-hydroxylation sites is 1. The quantitative estimate of drug-likeness (QED) is 0.689. The molecule has 3 heteroatoms. The lowest BCUT2D eigenvalue weighted by atomic mass is 10.1. The van der Waals surface area contributed by atoms with Gasteiger partial charge in [-0.05, 0) is 24.3 Å². The second-order valence-electron chi connectivity index (χ2n) is 4.11. The zero-order chi connectivity index (χ0) is 12.5. The van der Waals surface area contributed by atoms with Crippen molar-refractivity contribution in [1.82, 2.24) is 4.98 Å². The molecule has 88 valence electrons. The molecule has 0 bridgehead atoms. The molecule has 3 aromatic rings. The molecule has 2 nitrogen and oxygen atoms in total. The van der Waals surface area contributed by atoms with Gasteiger partial charge in [0.1, 0.15) is 0 Å². The third-order valence-electron chi connectivity index (χ3n) is 2.86. The van der Waals surface area contributed by atoms with Gasteiger partial charge >= 0.3 is 0 Å². The lowest BCUT2D eigenvalue weighted by molar-refractivity contribution is 0.103. The molecule has 0 aliphatic rings. The molecule has 0 saturated carbocycles. The summed E-state index contributed by atoms with van der Waals surface area (Å²) in [6.07, 6.45) is 0. The third kappa shape index (κ3) is 1.91. The molecule has 0 unspecified atom stereocenters. The minimum atomic E-state index is -0.0475. The summed E-state index contributed by atoms with van der Waals surface area (Å²) < 4.78 is 0. The Morgan fingerprint density at radius 1 is 1.00 bits per heavy atom. The zero-order valence-electron chi connectivity index (χ0n) is 9.48. The van der Waals surface area contributed by atoms with Gasteiger partial charge in [0.15, 0.2) is 0 Å². The fourth-order valence-electron chi connectivity index (χ4n) is 1.98. The minimum absolute atomic E-state index is 0.0475. The lowest BCUT2D eigenvalue weighted by Gasteiger charge is -1.98. The van der Waals surface area contributed by atoms with Gasteiger partial charge in [-0.1, -0.05) is 41.9 Å². The standard InChI is InChI=1S/C15H10ClNO/c16-12-6-3-5-11(8-12)15(18)14-9-10-4-1-2-7-13(10)17-14/h1-9,17H. The molecular formula is C15H10ClNO. The Labute approximate surface area is 109 Å². The van der Waals surface area contributed by atoms with Gasteiger partial charge in [0.05, 0.1) is 5.69 Å². The Balaban J connectivity index is 2.06. The molecule has 1 aromatic heterocycles. The van der Waals surface area contributed by atoms with E-state index < -0.39 is 0 Å². The van der Waals surface area contributed by atoms with Crippen LogP contribution in [0.25, 0.3) is 10.9 Å². The van der Waals surface area contributed by atoms with E-state index in [1.54, 1.807) is 24.3 Å². The SMILES string of the molecule is O=C(c1cccc(Cl)c1)c1cc2ccccc2[nH]1. The van der Waals surface area contributed by atoms with E-state index in [-0.39, 0.29) is 5.78 Å². The summed E-state index contributed by atoms with van der Waals surface area (Å²) in [5, 5.41) is 1.60. The maximum Gasteiger partial charge on any atom is 0.209 e. The van der Waals surface area contributed by atoms with Crippen molar-refractivity contribution in [1.29, 1.82) is 0 Å². The van der Waals surface area contributed by atoms with Crippen molar-refractivity contribution < 1.29 is 4.79 Å². The number of carbonyl (C=O) groups excluding carboxylic acids is 1. The number of benzene rings is 2. The molecule has 18 heavy (non-hydrogen) atoms. The van der Waals surface area contributed by atoms with E-state index >= 15 is 0 Å². The monoisotopic (exact) mass is 255 g/mol. The molecule has 0 fully saturated rings. The van der Waals surface area contributed by atoms with Gasteiger partial charge < -0.3 is 4.98 Å². The number of rotatable bonds is 2. The third-order valence-corrected chi connectivity index (χ3v) is 3.10. The molecular weight excluding hydrogens is 246 g/mol. The minimum Gasteiger partial charge on any atom is -0.352 e. The van der Waals surface area contributed by atoms with Crippen LogP contribution >= 0.6 is 11.6 Å². The average molecular weight is 256 g/mol. The number of halogens is 1. The number of ketones is 1. The first kappa shape index (κ1) is 11.1. The van der Waals surface area contributed by atoms with E-state index in [1.165, 1.54) is 0 Å². The maximum absolute atomic E-state index is 12.3. The highest BCUT2D eigenvalue weighted by Crippen LogP contribution is 2.19. The predicted molar refractivity (Wildman–Crippen MR) is 73.2 cm³/mol. The molecule has 0 aliphatic heterocycles. The number of H-pyrrole nitrogens is 1. The Hall–Kier alpha value is -2.06. The zero-order valence-corrected chi connectivity index (χ0v) is 10.2. The van der Waals surface area contributed by atoms with Crippen molar-refractivity contribution in [2.75, 3.05) is 0 Å². The van der Waals surface area contributed by atoms with E-state index in [0.29, 0.717) is 16.3 Å². The summed E-state index contributed by atoms with van der Waals surface area (Å²) in [6.45, 7) is 0. The lowest BCUT2D eigenvalue weighted by Crippen LogP contribution is -2.01. The Morgan fingerprint density at radius 2 is 1.83 bits per heavy atom. The summed E-state index contributed by atoms with van der Waals surface area (Å²) in [5.74, 6) is -0.0475. The van der Waals surface area contributed by atoms with Gasteiger partial charge in [-0.25, -0.2) is 0 Å². The molecule has 0 amide bonds. The summed E-state index contributed by atoms with van der Waals surface area (Å²) in [5.41, 5.74) is 2.13. The highest BCUT2D eigenvalue weighted by molar-refractivity contribution is 6.31. The van der Waals surface area contributed by atoms with Crippen LogP contribution in [0.2, 0.25) is 5.02 Å². The van der Waals surface area contributed by atoms with E-state index in [0.717, 1.165) is 10.9 Å². The summed E-state index contributed by atoms with van der Waals surface area (Å²) >= 11 is 5.89. The number of nitrogens with one attached hydrogen (secondary N) is 1. The molecule has 0 radical (unpaired) electrons. The van der Waals surface area contributed by atoms with Crippen molar-refractivity contribution in [3.63, 3.8) is 0 Å². The number of hydrogen-bond donors (Lipinski definition) is 1. The first-order chi connectivity index (χ1) is 8.74. The first-order valence-electron chi connectivity index (χ1n) is 5.62. The topological polar surface area (TPSA) is 32.9 Å².